The first kappa shape index (κ1) is 12.5. The molecule has 1 aliphatic heterocycles. The van der Waals surface area contributed by atoms with Crippen molar-refractivity contribution in [1.29, 1.82) is 0 Å². The Morgan fingerprint density at radius 2 is 2.00 bits per heavy atom. The van der Waals surface area contributed by atoms with Gasteiger partial charge in [-0.15, -0.1) is 12.6 Å². The highest BCUT2D eigenvalue weighted by Gasteiger charge is 2.27. The van der Waals surface area contributed by atoms with Crippen LogP contribution in [0.25, 0.3) is 0 Å². The van der Waals surface area contributed by atoms with Crippen molar-refractivity contribution in [3.63, 3.8) is 0 Å². The van der Waals surface area contributed by atoms with Gasteiger partial charge in [-0.1, -0.05) is 0 Å². The van der Waals surface area contributed by atoms with E-state index in [2.05, 4.69) is 31.6 Å². The Bertz CT molecular complexity index is 402. The van der Waals surface area contributed by atoms with Crippen molar-refractivity contribution in [3.8, 4) is 0 Å². The van der Waals surface area contributed by atoms with Gasteiger partial charge in [-0.25, -0.2) is 0 Å². The highest BCUT2D eigenvalue weighted by Crippen LogP contribution is 2.17. The molecule has 0 radical (unpaired) electrons. The molecule has 0 aliphatic carbocycles. The molecule has 3 nitrogen and oxygen atoms in total. The summed E-state index contributed by atoms with van der Waals surface area (Å²) in [6.07, 6.45) is 1.06. The molecule has 0 saturated carbocycles. The van der Waals surface area contributed by atoms with Gasteiger partial charge in [0.05, 0.1) is 0 Å². The Balaban J connectivity index is 2.04. The zero-order valence-corrected chi connectivity index (χ0v) is 11.2. The van der Waals surface area contributed by atoms with Crippen molar-refractivity contribution in [2.45, 2.75) is 17.4 Å². The van der Waals surface area contributed by atoms with Crippen LogP contribution in [0.15, 0.2) is 29.2 Å². The second kappa shape index (κ2) is 5.10. The van der Waals surface area contributed by atoms with E-state index in [0.717, 1.165) is 30.0 Å². The van der Waals surface area contributed by atoms with E-state index >= 15 is 0 Å². The summed E-state index contributed by atoms with van der Waals surface area (Å²) in [4.78, 5) is 17.2. The Hall–Kier alpha value is -1.00. The van der Waals surface area contributed by atoms with E-state index in [1.807, 2.05) is 29.2 Å². The minimum atomic E-state index is 0.127. The van der Waals surface area contributed by atoms with Gasteiger partial charge in [0.1, 0.15) is 0 Å². The van der Waals surface area contributed by atoms with Crippen LogP contribution < -0.4 is 0 Å². The van der Waals surface area contributed by atoms with Crippen LogP contribution in [0, 0.1) is 0 Å². The fourth-order valence-electron chi connectivity index (χ4n) is 2.13. The maximum atomic E-state index is 12.2. The number of amides is 1. The van der Waals surface area contributed by atoms with Crippen LogP contribution in [0.3, 0.4) is 0 Å². The molecule has 0 spiro atoms. The summed E-state index contributed by atoms with van der Waals surface area (Å²) >= 11 is 4.22. The topological polar surface area (TPSA) is 23.6 Å². The zero-order valence-electron chi connectivity index (χ0n) is 10.3. The summed E-state index contributed by atoms with van der Waals surface area (Å²) in [5.41, 5.74) is 0.752. The van der Waals surface area contributed by atoms with Gasteiger partial charge in [-0.05, 0) is 44.8 Å². The van der Waals surface area contributed by atoms with E-state index in [0.29, 0.717) is 6.04 Å². The third-order valence-corrected chi connectivity index (χ3v) is 3.59. The normalized spacial score (nSPS) is 20.0. The van der Waals surface area contributed by atoms with Crippen molar-refractivity contribution in [2.24, 2.45) is 0 Å². The molecular weight excluding hydrogens is 232 g/mol. The Kier molecular flexibility index (Phi) is 3.74. The average molecular weight is 250 g/mol. The molecule has 1 amide bonds. The minimum absolute atomic E-state index is 0.127. The number of hydrogen-bond donors (Lipinski definition) is 1. The lowest BCUT2D eigenvalue weighted by Gasteiger charge is -2.20. The van der Waals surface area contributed by atoms with Crippen LogP contribution in [0.2, 0.25) is 0 Å². The van der Waals surface area contributed by atoms with Gasteiger partial charge in [0.2, 0.25) is 0 Å². The van der Waals surface area contributed by atoms with E-state index in [9.17, 15) is 4.79 Å². The van der Waals surface area contributed by atoms with E-state index in [1.165, 1.54) is 0 Å². The SMILES string of the molecule is CN(C)C1CCN(C(=O)c2ccc(S)cc2)C1. The second-order valence-corrected chi connectivity index (χ2v) is 5.22. The number of likely N-dealkylation sites (tertiary alicyclic amines) is 1. The minimum Gasteiger partial charge on any atom is -0.337 e. The van der Waals surface area contributed by atoms with Crippen molar-refractivity contribution >= 4 is 18.5 Å². The first-order valence-electron chi connectivity index (χ1n) is 5.82. The molecule has 1 saturated heterocycles. The van der Waals surface area contributed by atoms with Crippen LogP contribution in [-0.2, 0) is 0 Å². The molecule has 1 heterocycles. The van der Waals surface area contributed by atoms with E-state index in [-0.39, 0.29) is 5.91 Å². The molecule has 1 aliphatic rings. The van der Waals surface area contributed by atoms with Crippen LogP contribution >= 0.6 is 12.6 Å². The fraction of sp³-hybridized carbons (Fsp3) is 0.462. The standard InChI is InChI=1S/C13H18N2OS/c1-14(2)11-7-8-15(9-11)13(16)10-3-5-12(17)6-4-10/h3-6,11,17H,7-9H2,1-2H3. The number of hydrogen-bond acceptors (Lipinski definition) is 3. The number of likely N-dealkylation sites (N-methyl/N-ethyl adjacent to an activating group) is 1. The Morgan fingerprint density at radius 1 is 1.35 bits per heavy atom. The number of nitrogens with zero attached hydrogens (tertiary/aromatic N) is 2. The average Bonchev–Trinajstić information content (AvgIpc) is 2.78. The summed E-state index contributed by atoms with van der Waals surface area (Å²) < 4.78 is 0. The second-order valence-electron chi connectivity index (χ2n) is 4.70. The first-order chi connectivity index (χ1) is 8.08. The highest BCUT2D eigenvalue weighted by atomic mass is 32.1. The molecule has 1 atom stereocenters. The first-order valence-corrected chi connectivity index (χ1v) is 6.27. The van der Waals surface area contributed by atoms with E-state index in [1.54, 1.807) is 0 Å². The molecule has 1 fully saturated rings. The lowest BCUT2D eigenvalue weighted by atomic mass is 10.2. The van der Waals surface area contributed by atoms with Gasteiger partial charge in [-0.2, -0.15) is 0 Å². The largest absolute Gasteiger partial charge is 0.337 e. The van der Waals surface area contributed by atoms with Crippen LogP contribution in [0.5, 0.6) is 0 Å². The Labute approximate surface area is 108 Å². The third-order valence-electron chi connectivity index (χ3n) is 3.30. The lowest BCUT2D eigenvalue weighted by Crippen LogP contribution is -2.34. The number of carbonyl (C=O) groups excluding carboxylic acids is 1. The van der Waals surface area contributed by atoms with E-state index in [4.69, 9.17) is 0 Å². The summed E-state index contributed by atoms with van der Waals surface area (Å²) in [5.74, 6) is 0.127. The van der Waals surface area contributed by atoms with Gasteiger partial charge >= 0.3 is 0 Å². The fourth-order valence-corrected chi connectivity index (χ4v) is 2.28. The molecular formula is C13H18N2OS. The summed E-state index contributed by atoms with van der Waals surface area (Å²) in [6.45, 7) is 1.68. The number of benzene rings is 1. The van der Waals surface area contributed by atoms with Crippen LogP contribution in [0.1, 0.15) is 16.8 Å². The van der Waals surface area contributed by atoms with Gasteiger partial charge in [0, 0.05) is 29.6 Å². The number of carbonyl (C=O) groups is 1. The lowest BCUT2D eigenvalue weighted by molar-refractivity contribution is 0.0783. The van der Waals surface area contributed by atoms with Crippen molar-refractivity contribution < 1.29 is 4.79 Å². The summed E-state index contributed by atoms with van der Waals surface area (Å²) in [7, 11) is 4.13. The molecule has 92 valence electrons. The summed E-state index contributed by atoms with van der Waals surface area (Å²) in [5, 5.41) is 0. The third kappa shape index (κ3) is 2.82. The van der Waals surface area contributed by atoms with Gasteiger partial charge in [0.15, 0.2) is 0 Å². The van der Waals surface area contributed by atoms with Crippen LogP contribution in [0.4, 0.5) is 0 Å². The molecule has 0 bridgehead atoms. The maximum absolute atomic E-state index is 12.2. The van der Waals surface area contributed by atoms with Gasteiger partial charge in [-0.3, -0.25) is 4.79 Å². The smallest absolute Gasteiger partial charge is 0.253 e. The quantitative estimate of drug-likeness (QED) is 0.808. The van der Waals surface area contributed by atoms with Gasteiger partial charge in [0.25, 0.3) is 5.91 Å². The zero-order chi connectivity index (χ0) is 12.4. The Morgan fingerprint density at radius 3 is 2.53 bits per heavy atom. The van der Waals surface area contributed by atoms with Gasteiger partial charge < -0.3 is 9.80 Å². The van der Waals surface area contributed by atoms with Crippen molar-refractivity contribution in [3.05, 3.63) is 29.8 Å². The molecule has 0 aromatic heterocycles. The molecule has 1 aromatic carbocycles. The molecule has 0 N–H and O–H groups in total. The van der Waals surface area contributed by atoms with Crippen LogP contribution in [-0.4, -0.2) is 48.9 Å². The molecule has 17 heavy (non-hydrogen) atoms. The maximum Gasteiger partial charge on any atom is 0.253 e. The molecule has 1 unspecified atom stereocenters. The highest BCUT2D eigenvalue weighted by molar-refractivity contribution is 7.80. The number of rotatable bonds is 2. The predicted molar refractivity (Wildman–Crippen MR) is 71.7 cm³/mol. The molecule has 2 rings (SSSR count). The number of thiol groups is 1. The van der Waals surface area contributed by atoms with Crippen molar-refractivity contribution in [1.82, 2.24) is 9.80 Å². The molecule has 4 heteroatoms. The van der Waals surface area contributed by atoms with Crippen molar-refractivity contribution in [2.75, 3.05) is 27.2 Å². The molecule has 1 aromatic rings. The predicted octanol–water partition coefficient (Wildman–Crippen LogP) is 1.75. The van der Waals surface area contributed by atoms with E-state index < -0.39 is 0 Å². The summed E-state index contributed by atoms with van der Waals surface area (Å²) in [6, 6.07) is 7.88. The monoisotopic (exact) mass is 250 g/mol.